The Morgan fingerprint density at radius 3 is 2.02 bits per heavy atom. The van der Waals surface area contributed by atoms with E-state index in [4.69, 9.17) is 11.6 Å². The maximum Gasteiger partial charge on any atom is 0.416 e. The summed E-state index contributed by atoms with van der Waals surface area (Å²) in [4.78, 5) is 57.9. The number of anilines is 2. The van der Waals surface area contributed by atoms with Gasteiger partial charge in [0.2, 0.25) is 23.6 Å². The van der Waals surface area contributed by atoms with Crippen molar-refractivity contribution in [1.82, 2.24) is 0 Å². The zero-order valence-electron chi connectivity index (χ0n) is 25.3. The van der Waals surface area contributed by atoms with Gasteiger partial charge in [0.15, 0.2) is 0 Å². The number of fused-ring (bicyclic) bond motifs is 4. The predicted octanol–water partition coefficient (Wildman–Crippen LogP) is 7.52. The quantitative estimate of drug-likeness (QED) is 0.173. The third-order valence-electron chi connectivity index (χ3n) is 10.4. The van der Waals surface area contributed by atoms with Gasteiger partial charge in [-0.25, -0.2) is 9.80 Å². The third-order valence-corrected chi connectivity index (χ3v) is 10.7. The van der Waals surface area contributed by atoms with Crippen molar-refractivity contribution in [1.29, 1.82) is 0 Å². The molecule has 3 fully saturated rings. The van der Waals surface area contributed by atoms with Crippen molar-refractivity contribution in [2.75, 3.05) is 9.80 Å². The predicted molar refractivity (Wildman–Crippen MR) is 163 cm³/mol. The lowest BCUT2D eigenvalue weighted by atomic mass is 9.51. The van der Waals surface area contributed by atoms with Gasteiger partial charge >= 0.3 is 12.4 Å². The molecule has 254 valence electrons. The highest BCUT2D eigenvalue weighted by Crippen LogP contribution is 2.64. The van der Waals surface area contributed by atoms with Crippen LogP contribution in [0.25, 0.3) is 0 Å². The third kappa shape index (κ3) is 4.87. The lowest BCUT2D eigenvalue weighted by molar-refractivity contribution is -0.143. The van der Waals surface area contributed by atoms with E-state index < -0.39 is 87.8 Å². The number of para-hydroxylation sites is 1. The minimum atomic E-state index is -5.22. The SMILES string of the molecule is C[C@@]12C(=O)N(c3ccccc3)C(=O)[C@@H]1C[C@@H]1C(=CC[C@@H]3C(=O)N(c4cc(C(F)(F)F)cc(C(F)(F)F)c4)C(=O)[C@@H]31)[C@@H]2c1cc(Cl)ccc1O. The lowest BCUT2D eigenvalue weighted by Crippen LogP contribution is -2.48. The van der Waals surface area contributed by atoms with Gasteiger partial charge in [-0.2, -0.15) is 26.3 Å². The second kappa shape index (κ2) is 10.9. The van der Waals surface area contributed by atoms with Gasteiger partial charge in [0.05, 0.1) is 45.7 Å². The fourth-order valence-electron chi connectivity index (χ4n) is 8.26. The average molecular weight is 703 g/mol. The summed E-state index contributed by atoms with van der Waals surface area (Å²) in [6.07, 6.45) is -9.07. The summed E-state index contributed by atoms with van der Waals surface area (Å²) in [5, 5.41) is 11.3. The van der Waals surface area contributed by atoms with Gasteiger partial charge in [0.25, 0.3) is 0 Å². The van der Waals surface area contributed by atoms with Crippen LogP contribution in [0.4, 0.5) is 37.7 Å². The van der Waals surface area contributed by atoms with Crippen LogP contribution >= 0.6 is 11.6 Å². The second-order valence-corrected chi connectivity index (χ2v) is 13.4. The van der Waals surface area contributed by atoms with E-state index in [1.165, 1.54) is 18.2 Å². The molecule has 3 aromatic carbocycles. The van der Waals surface area contributed by atoms with Crippen molar-refractivity contribution in [3.05, 3.63) is 100 Å². The summed E-state index contributed by atoms with van der Waals surface area (Å²) in [5.41, 5.74) is -4.85. The monoisotopic (exact) mass is 702 g/mol. The Bertz CT molecular complexity index is 1950. The van der Waals surface area contributed by atoms with Gasteiger partial charge in [-0.3, -0.25) is 19.2 Å². The summed E-state index contributed by atoms with van der Waals surface area (Å²) < 4.78 is 82.4. The summed E-state index contributed by atoms with van der Waals surface area (Å²) in [7, 11) is 0. The Balaban J connectivity index is 1.37. The number of hydrogen-bond acceptors (Lipinski definition) is 5. The zero-order chi connectivity index (χ0) is 35.4. The van der Waals surface area contributed by atoms with Crippen molar-refractivity contribution in [3.8, 4) is 5.75 Å². The number of alkyl halides is 6. The highest BCUT2D eigenvalue weighted by molar-refractivity contribution is 6.30. The van der Waals surface area contributed by atoms with E-state index in [1.807, 2.05) is 0 Å². The van der Waals surface area contributed by atoms with Gasteiger partial charge in [-0.15, -0.1) is 0 Å². The minimum absolute atomic E-state index is 0.0908. The molecule has 2 aliphatic carbocycles. The molecular weight excluding hydrogens is 678 g/mol. The molecule has 4 amide bonds. The number of amides is 4. The molecule has 14 heteroatoms. The minimum Gasteiger partial charge on any atom is -0.508 e. The fourth-order valence-corrected chi connectivity index (χ4v) is 8.44. The first kappa shape index (κ1) is 32.9. The number of aromatic hydroxyl groups is 1. The van der Waals surface area contributed by atoms with E-state index in [2.05, 4.69) is 0 Å². The van der Waals surface area contributed by atoms with Gasteiger partial charge in [-0.1, -0.05) is 41.4 Å². The number of halogens is 7. The molecule has 0 spiro atoms. The lowest BCUT2D eigenvalue weighted by Gasteiger charge is -2.49. The largest absolute Gasteiger partial charge is 0.508 e. The maximum absolute atomic E-state index is 14.4. The van der Waals surface area contributed by atoms with Crippen LogP contribution in [-0.2, 0) is 31.5 Å². The molecule has 0 bridgehead atoms. The molecule has 2 heterocycles. The molecule has 0 unspecified atom stereocenters. The molecule has 0 aromatic heterocycles. The number of phenolic OH excluding ortho intramolecular Hbond substituents is 1. The van der Waals surface area contributed by atoms with Crippen LogP contribution < -0.4 is 9.80 Å². The normalized spacial score (nSPS) is 28.4. The van der Waals surface area contributed by atoms with Crippen LogP contribution in [0.1, 0.15) is 42.4 Å². The Hall–Kier alpha value is -4.65. The molecule has 1 N–H and O–H groups in total. The molecule has 7 nitrogen and oxygen atoms in total. The van der Waals surface area contributed by atoms with Gasteiger partial charge in [0, 0.05) is 16.5 Å². The van der Waals surface area contributed by atoms with Crippen molar-refractivity contribution in [2.45, 2.75) is 38.0 Å². The average Bonchev–Trinajstić information content (AvgIpc) is 3.41. The molecule has 7 rings (SSSR count). The van der Waals surface area contributed by atoms with Crippen LogP contribution in [0.3, 0.4) is 0 Å². The molecular formula is C35H25ClF6N2O5. The van der Waals surface area contributed by atoms with E-state index in [1.54, 1.807) is 43.3 Å². The van der Waals surface area contributed by atoms with E-state index in [9.17, 15) is 50.6 Å². The standard InChI is InChI=1S/C35H25ClF6N2O5/c1-33-25(30(47)44(32(33)49)19-5-3-2-4-6-19)15-23-21(28(33)24-14-18(36)7-10-26(24)45)8-9-22-27(23)31(48)43(29(22)46)20-12-16(34(37,38)39)11-17(13-20)35(40,41)42/h2-8,10-14,22-23,25,27-28,45H,9,15H2,1H3/t22-,23+,25-,27-,28+,33+/m0/s1. The van der Waals surface area contributed by atoms with Crippen molar-refractivity contribution in [3.63, 3.8) is 0 Å². The number of benzene rings is 3. The summed E-state index contributed by atoms with van der Waals surface area (Å²) >= 11 is 6.34. The number of rotatable bonds is 3. The molecule has 0 radical (unpaired) electrons. The molecule has 6 atom stereocenters. The van der Waals surface area contributed by atoms with Crippen LogP contribution in [0, 0.1) is 29.1 Å². The fraction of sp³-hybridized carbons (Fsp3) is 0.314. The Kier molecular flexibility index (Phi) is 7.33. The number of hydrogen-bond donors (Lipinski definition) is 1. The Labute approximate surface area is 279 Å². The highest BCUT2D eigenvalue weighted by atomic mass is 35.5. The number of carbonyl (C=O) groups excluding carboxylic acids is 4. The number of phenols is 1. The second-order valence-electron chi connectivity index (χ2n) is 13.0. The molecule has 2 saturated heterocycles. The smallest absolute Gasteiger partial charge is 0.416 e. The molecule has 49 heavy (non-hydrogen) atoms. The number of carbonyl (C=O) groups is 4. The van der Waals surface area contributed by atoms with E-state index in [0.717, 1.165) is 4.90 Å². The first-order valence-electron chi connectivity index (χ1n) is 15.2. The first-order valence-corrected chi connectivity index (χ1v) is 15.6. The van der Waals surface area contributed by atoms with E-state index in [-0.39, 0.29) is 35.2 Å². The molecule has 4 aliphatic rings. The number of allylic oxidation sites excluding steroid dienone is 2. The van der Waals surface area contributed by atoms with E-state index in [0.29, 0.717) is 28.3 Å². The van der Waals surface area contributed by atoms with Crippen molar-refractivity contribution < 1.29 is 50.6 Å². The Morgan fingerprint density at radius 2 is 1.41 bits per heavy atom. The van der Waals surface area contributed by atoms with Gasteiger partial charge in [0.1, 0.15) is 5.75 Å². The van der Waals surface area contributed by atoms with Gasteiger partial charge < -0.3 is 5.11 Å². The van der Waals surface area contributed by atoms with Gasteiger partial charge in [-0.05, 0) is 74.2 Å². The summed E-state index contributed by atoms with van der Waals surface area (Å²) in [6.45, 7) is 1.59. The molecule has 1 saturated carbocycles. The van der Waals surface area contributed by atoms with Crippen LogP contribution in [0.2, 0.25) is 5.02 Å². The molecule has 3 aromatic rings. The van der Waals surface area contributed by atoms with Crippen molar-refractivity contribution >= 4 is 46.6 Å². The van der Waals surface area contributed by atoms with Crippen LogP contribution in [0.5, 0.6) is 5.75 Å². The zero-order valence-corrected chi connectivity index (χ0v) is 26.1. The number of imide groups is 2. The van der Waals surface area contributed by atoms with Crippen LogP contribution in [0.15, 0.2) is 78.4 Å². The van der Waals surface area contributed by atoms with E-state index >= 15 is 0 Å². The maximum atomic E-state index is 14.4. The van der Waals surface area contributed by atoms with Crippen LogP contribution in [-0.4, -0.2) is 28.7 Å². The summed E-state index contributed by atoms with van der Waals surface area (Å²) in [6, 6.07) is 12.9. The number of nitrogens with zero attached hydrogens (tertiary/aromatic N) is 2. The first-order chi connectivity index (χ1) is 22.9. The summed E-state index contributed by atoms with van der Waals surface area (Å²) in [5.74, 6) is -8.93. The highest BCUT2D eigenvalue weighted by Gasteiger charge is 2.68. The van der Waals surface area contributed by atoms with Crippen molar-refractivity contribution in [2.24, 2.45) is 29.1 Å². The Morgan fingerprint density at radius 1 is 0.776 bits per heavy atom. The topological polar surface area (TPSA) is 95.0 Å². The molecule has 2 aliphatic heterocycles.